The Bertz CT molecular complexity index is 161. The van der Waals surface area contributed by atoms with Crippen LogP contribution in [0.3, 0.4) is 0 Å². The molecular formula is C9H16BrNO. The standard InChI is InChI=1S/C9H16BrNO/c1-7(12)11-9-5-3-2-4-8(9)6-10/h8-9H,2-6H2,1H3,(H,11,12). The molecule has 1 amide bonds. The van der Waals surface area contributed by atoms with Gasteiger partial charge in [0.2, 0.25) is 5.91 Å². The molecule has 0 bridgehead atoms. The minimum Gasteiger partial charge on any atom is -0.353 e. The van der Waals surface area contributed by atoms with Crippen LogP contribution in [0.15, 0.2) is 0 Å². The van der Waals surface area contributed by atoms with Gasteiger partial charge in [0, 0.05) is 18.3 Å². The highest BCUT2D eigenvalue weighted by Gasteiger charge is 2.24. The smallest absolute Gasteiger partial charge is 0.217 e. The lowest BCUT2D eigenvalue weighted by Gasteiger charge is -2.30. The van der Waals surface area contributed by atoms with E-state index in [4.69, 9.17) is 0 Å². The van der Waals surface area contributed by atoms with Crippen LogP contribution in [0.25, 0.3) is 0 Å². The molecule has 2 atom stereocenters. The van der Waals surface area contributed by atoms with Gasteiger partial charge >= 0.3 is 0 Å². The molecule has 2 nitrogen and oxygen atoms in total. The highest BCUT2D eigenvalue weighted by Crippen LogP contribution is 2.25. The van der Waals surface area contributed by atoms with Crippen LogP contribution in [-0.4, -0.2) is 17.3 Å². The normalized spacial score (nSPS) is 29.8. The van der Waals surface area contributed by atoms with Gasteiger partial charge in [-0.05, 0) is 18.8 Å². The van der Waals surface area contributed by atoms with Gasteiger partial charge in [-0.15, -0.1) is 0 Å². The van der Waals surface area contributed by atoms with E-state index >= 15 is 0 Å². The molecule has 1 fully saturated rings. The second kappa shape index (κ2) is 4.85. The third-order valence-corrected chi connectivity index (χ3v) is 3.33. The van der Waals surface area contributed by atoms with Crippen LogP contribution in [-0.2, 0) is 4.79 Å². The summed E-state index contributed by atoms with van der Waals surface area (Å²) in [5.41, 5.74) is 0. The van der Waals surface area contributed by atoms with Crippen molar-refractivity contribution in [2.45, 2.75) is 38.6 Å². The van der Waals surface area contributed by atoms with Crippen LogP contribution < -0.4 is 5.32 Å². The number of alkyl halides is 1. The Morgan fingerprint density at radius 1 is 1.50 bits per heavy atom. The Kier molecular flexibility index (Phi) is 4.06. The SMILES string of the molecule is CC(=O)NC1CCCCC1CBr. The van der Waals surface area contributed by atoms with Crippen LogP contribution in [0.1, 0.15) is 32.6 Å². The average Bonchev–Trinajstić information content (AvgIpc) is 2.04. The number of halogens is 1. The molecule has 1 aliphatic rings. The van der Waals surface area contributed by atoms with Crippen molar-refractivity contribution < 1.29 is 4.79 Å². The number of hydrogen-bond donors (Lipinski definition) is 1. The van der Waals surface area contributed by atoms with Gasteiger partial charge in [-0.25, -0.2) is 0 Å². The van der Waals surface area contributed by atoms with Crippen molar-refractivity contribution >= 4 is 21.8 Å². The lowest BCUT2D eigenvalue weighted by atomic mass is 9.86. The highest BCUT2D eigenvalue weighted by molar-refractivity contribution is 9.09. The summed E-state index contributed by atoms with van der Waals surface area (Å²) in [6.07, 6.45) is 4.97. The van der Waals surface area contributed by atoms with Gasteiger partial charge in [-0.3, -0.25) is 4.79 Å². The zero-order valence-electron chi connectivity index (χ0n) is 7.48. The first kappa shape index (κ1) is 10.0. The molecule has 0 aliphatic heterocycles. The lowest BCUT2D eigenvalue weighted by molar-refractivity contribution is -0.120. The average molecular weight is 234 g/mol. The molecule has 12 heavy (non-hydrogen) atoms. The molecule has 70 valence electrons. The van der Waals surface area contributed by atoms with E-state index in [-0.39, 0.29) is 5.91 Å². The lowest BCUT2D eigenvalue weighted by Crippen LogP contribution is -2.41. The first-order valence-electron chi connectivity index (χ1n) is 4.57. The summed E-state index contributed by atoms with van der Waals surface area (Å²) in [6.45, 7) is 1.60. The summed E-state index contributed by atoms with van der Waals surface area (Å²) in [5.74, 6) is 0.746. The topological polar surface area (TPSA) is 29.1 Å². The van der Waals surface area contributed by atoms with Gasteiger partial charge in [-0.1, -0.05) is 28.8 Å². The fourth-order valence-corrected chi connectivity index (χ4v) is 2.62. The third-order valence-electron chi connectivity index (χ3n) is 2.50. The van der Waals surface area contributed by atoms with E-state index < -0.39 is 0 Å². The third kappa shape index (κ3) is 2.77. The zero-order chi connectivity index (χ0) is 8.97. The molecule has 1 aliphatic carbocycles. The van der Waals surface area contributed by atoms with Crippen molar-refractivity contribution in [1.82, 2.24) is 5.32 Å². The van der Waals surface area contributed by atoms with Crippen molar-refractivity contribution in [1.29, 1.82) is 0 Å². The molecule has 0 saturated heterocycles. The summed E-state index contributed by atoms with van der Waals surface area (Å²) in [6, 6.07) is 0.413. The van der Waals surface area contributed by atoms with E-state index in [1.807, 2.05) is 0 Å². The van der Waals surface area contributed by atoms with Gasteiger partial charge < -0.3 is 5.32 Å². The maximum Gasteiger partial charge on any atom is 0.217 e. The molecule has 0 aromatic heterocycles. The Labute approximate surface area is 82.2 Å². The summed E-state index contributed by atoms with van der Waals surface area (Å²) >= 11 is 3.49. The van der Waals surface area contributed by atoms with Gasteiger partial charge in [0.25, 0.3) is 0 Å². The number of amides is 1. The molecule has 0 spiro atoms. The van der Waals surface area contributed by atoms with Crippen molar-refractivity contribution in [2.75, 3.05) is 5.33 Å². The predicted octanol–water partition coefficient (Wildman–Crippen LogP) is 2.08. The van der Waals surface area contributed by atoms with Gasteiger partial charge in [-0.2, -0.15) is 0 Å². The Morgan fingerprint density at radius 2 is 2.17 bits per heavy atom. The molecule has 3 heteroatoms. The maximum atomic E-state index is 10.8. The van der Waals surface area contributed by atoms with Gasteiger partial charge in [0.1, 0.15) is 0 Å². The maximum absolute atomic E-state index is 10.8. The summed E-state index contributed by atoms with van der Waals surface area (Å²) in [7, 11) is 0. The molecule has 0 heterocycles. The van der Waals surface area contributed by atoms with Crippen molar-refractivity contribution in [3.05, 3.63) is 0 Å². The summed E-state index contributed by atoms with van der Waals surface area (Å²) < 4.78 is 0. The van der Waals surface area contributed by atoms with E-state index in [0.717, 1.165) is 11.8 Å². The first-order chi connectivity index (χ1) is 5.74. The molecule has 1 rings (SSSR count). The number of carbonyl (C=O) groups is 1. The van der Waals surface area contributed by atoms with E-state index in [1.165, 1.54) is 19.3 Å². The highest BCUT2D eigenvalue weighted by atomic mass is 79.9. The van der Waals surface area contributed by atoms with E-state index in [2.05, 4.69) is 21.2 Å². The van der Waals surface area contributed by atoms with Crippen molar-refractivity contribution in [3.8, 4) is 0 Å². The monoisotopic (exact) mass is 233 g/mol. The minimum absolute atomic E-state index is 0.104. The molecule has 0 aromatic rings. The van der Waals surface area contributed by atoms with Gasteiger partial charge in [0.15, 0.2) is 0 Å². The number of rotatable bonds is 2. The molecule has 0 radical (unpaired) electrons. The van der Waals surface area contributed by atoms with Crippen LogP contribution in [0.5, 0.6) is 0 Å². The van der Waals surface area contributed by atoms with Crippen LogP contribution in [0.4, 0.5) is 0 Å². The zero-order valence-corrected chi connectivity index (χ0v) is 9.06. The summed E-state index contributed by atoms with van der Waals surface area (Å²) in [4.78, 5) is 10.8. The number of carbonyl (C=O) groups excluding carboxylic acids is 1. The number of hydrogen-bond acceptors (Lipinski definition) is 1. The molecular weight excluding hydrogens is 218 g/mol. The second-order valence-corrected chi connectivity index (χ2v) is 4.15. The second-order valence-electron chi connectivity index (χ2n) is 3.51. The van der Waals surface area contributed by atoms with Crippen LogP contribution >= 0.6 is 15.9 Å². The van der Waals surface area contributed by atoms with E-state index in [0.29, 0.717) is 12.0 Å². The van der Waals surface area contributed by atoms with Crippen LogP contribution in [0.2, 0.25) is 0 Å². The Morgan fingerprint density at radius 3 is 2.75 bits per heavy atom. The predicted molar refractivity (Wildman–Crippen MR) is 53.4 cm³/mol. The van der Waals surface area contributed by atoms with Crippen molar-refractivity contribution in [3.63, 3.8) is 0 Å². The molecule has 1 saturated carbocycles. The van der Waals surface area contributed by atoms with E-state index in [9.17, 15) is 4.79 Å². The Hall–Kier alpha value is -0.0500. The fraction of sp³-hybridized carbons (Fsp3) is 0.889. The Balaban J connectivity index is 2.41. The fourth-order valence-electron chi connectivity index (χ4n) is 1.84. The minimum atomic E-state index is 0.104. The largest absolute Gasteiger partial charge is 0.353 e. The number of nitrogens with one attached hydrogen (secondary N) is 1. The van der Waals surface area contributed by atoms with Crippen molar-refractivity contribution in [2.24, 2.45) is 5.92 Å². The first-order valence-corrected chi connectivity index (χ1v) is 5.69. The van der Waals surface area contributed by atoms with E-state index in [1.54, 1.807) is 6.92 Å². The quantitative estimate of drug-likeness (QED) is 0.728. The molecule has 2 unspecified atom stereocenters. The summed E-state index contributed by atoms with van der Waals surface area (Å²) in [5, 5.41) is 4.03. The molecule has 0 aromatic carbocycles. The van der Waals surface area contributed by atoms with Crippen LogP contribution in [0, 0.1) is 5.92 Å². The molecule has 1 N–H and O–H groups in total. The van der Waals surface area contributed by atoms with Gasteiger partial charge in [0.05, 0.1) is 0 Å².